The molecule has 22 heavy (non-hydrogen) atoms. The van der Waals surface area contributed by atoms with Crippen molar-refractivity contribution in [2.24, 2.45) is 0 Å². The standard InChI is InChI=1S/C15H21NO6/c1-15(2,3)22-14(19)16-5-6-21-12-8-10(13(18)20-4)7-11(17)9-12/h7-9,17H,5-6H2,1-4H3,(H,16,19). The van der Waals surface area contributed by atoms with Gasteiger partial charge in [0.25, 0.3) is 0 Å². The van der Waals surface area contributed by atoms with Gasteiger partial charge in [-0.3, -0.25) is 0 Å². The largest absolute Gasteiger partial charge is 0.508 e. The number of aromatic hydroxyl groups is 1. The molecule has 0 saturated carbocycles. The van der Waals surface area contributed by atoms with Crippen LogP contribution in [0.5, 0.6) is 11.5 Å². The average Bonchev–Trinajstić information content (AvgIpc) is 2.40. The van der Waals surface area contributed by atoms with Gasteiger partial charge in [-0.25, -0.2) is 9.59 Å². The Morgan fingerprint density at radius 2 is 1.91 bits per heavy atom. The maximum atomic E-state index is 11.4. The highest BCUT2D eigenvalue weighted by Gasteiger charge is 2.15. The van der Waals surface area contributed by atoms with Gasteiger partial charge in [-0.15, -0.1) is 0 Å². The van der Waals surface area contributed by atoms with Gasteiger partial charge in [-0.1, -0.05) is 0 Å². The van der Waals surface area contributed by atoms with E-state index in [1.165, 1.54) is 25.3 Å². The maximum absolute atomic E-state index is 11.4. The first-order valence-electron chi connectivity index (χ1n) is 6.73. The number of rotatable bonds is 5. The molecule has 7 nitrogen and oxygen atoms in total. The van der Waals surface area contributed by atoms with Crippen LogP contribution < -0.4 is 10.1 Å². The second-order valence-electron chi connectivity index (χ2n) is 5.48. The van der Waals surface area contributed by atoms with E-state index < -0.39 is 17.7 Å². The van der Waals surface area contributed by atoms with E-state index in [0.29, 0.717) is 5.75 Å². The van der Waals surface area contributed by atoms with Crippen molar-refractivity contribution in [3.8, 4) is 11.5 Å². The van der Waals surface area contributed by atoms with Crippen LogP contribution in [0.3, 0.4) is 0 Å². The Bertz CT molecular complexity index is 535. The molecule has 2 N–H and O–H groups in total. The second kappa shape index (κ2) is 7.53. The third-order valence-corrected chi connectivity index (χ3v) is 2.35. The van der Waals surface area contributed by atoms with E-state index in [-0.39, 0.29) is 24.5 Å². The number of alkyl carbamates (subject to hydrolysis) is 1. The molecule has 0 spiro atoms. The van der Waals surface area contributed by atoms with Crippen LogP contribution >= 0.6 is 0 Å². The molecule has 1 rings (SSSR count). The van der Waals surface area contributed by atoms with E-state index in [4.69, 9.17) is 9.47 Å². The minimum atomic E-state index is -0.576. The topological polar surface area (TPSA) is 94.1 Å². The summed E-state index contributed by atoms with van der Waals surface area (Å²) in [6.07, 6.45) is -0.540. The molecular weight excluding hydrogens is 290 g/mol. The molecule has 1 aromatic carbocycles. The highest BCUT2D eigenvalue weighted by atomic mass is 16.6. The first-order valence-corrected chi connectivity index (χ1v) is 6.73. The van der Waals surface area contributed by atoms with Crippen LogP contribution in [0, 0.1) is 0 Å². The van der Waals surface area contributed by atoms with Gasteiger partial charge in [0.15, 0.2) is 0 Å². The summed E-state index contributed by atoms with van der Waals surface area (Å²) in [7, 11) is 1.25. The third-order valence-electron chi connectivity index (χ3n) is 2.35. The molecule has 0 saturated heterocycles. The number of phenolic OH excluding ortho intramolecular Hbond substituents is 1. The van der Waals surface area contributed by atoms with E-state index in [2.05, 4.69) is 10.1 Å². The number of hydrogen-bond donors (Lipinski definition) is 2. The highest BCUT2D eigenvalue weighted by Crippen LogP contribution is 2.22. The molecule has 0 aromatic heterocycles. The van der Waals surface area contributed by atoms with Crippen molar-refractivity contribution in [2.45, 2.75) is 26.4 Å². The Morgan fingerprint density at radius 1 is 1.23 bits per heavy atom. The van der Waals surface area contributed by atoms with Crippen LogP contribution in [-0.4, -0.2) is 43.0 Å². The fourth-order valence-electron chi connectivity index (χ4n) is 1.54. The van der Waals surface area contributed by atoms with Crippen molar-refractivity contribution in [1.29, 1.82) is 0 Å². The van der Waals surface area contributed by atoms with Crippen molar-refractivity contribution in [1.82, 2.24) is 5.32 Å². The zero-order valence-electron chi connectivity index (χ0n) is 13.1. The Morgan fingerprint density at radius 3 is 2.50 bits per heavy atom. The summed E-state index contributed by atoms with van der Waals surface area (Å²) in [5.74, 6) is -0.392. The van der Waals surface area contributed by atoms with E-state index in [0.717, 1.165) is 0 Å². The van der Waals surface area contributed by atoms with Crippen LogP contribution in [0.25, 0.3) is 0 Å². The Balaban J connectivity index is 2.47. The molecule has 0 radical (unpaired) electrons. The molecule has 0 fully saturated rings. The first-order chi connectivity index (χ1) is 10.2. The molecule has 1 amide bonds. The van der Waals surface area contributed by atoms with Gasteiger partial charge in [-0.05, 0) is 32.9 Å². The molecule has 1 aromatic rings. The second-order valence-corrected chi connectivity index (χ2v) is 5.48. The van der Waals surface area contributed by atoms with Gasteiger partial charge in [0.1, 0.15) is 23.7 Å². The first kappa shape index (κ1) is 17.6. The van der Waals surface area contributed by atoms with E-state index in [9.17, 15) is 14.7 Å². The number of benzene rings is 1. The predicted molar refractivity (Wildman–Crippen MR) is 79.2 cm³/mol. The van der Waals surface area contributed by atoms with Crippen LogP contribution in [-0.2, 0) is 9.47 Å². The molecule has 0 bridgehead atoms. The van der Waals surface area contributed by atoms with Crippen molar-refractivity contribution in [3.63, 3.8) is 0 Å². The Kier molecular flexibility index (Phi) is 6.03. The zero-order valence-corrected chi connectivity index (χ0v) is 13.1. The number of phenols is 1. The normalized spacial score (nSPS) is 10.7. The third kappa shape index (κ3) is 6.34. The quantitative estimate of drug-likeness (QED) is 0.638. The van der Waals surface area contributed by atoms with E-state index >= 15 is 0 Å². The summed E-state index contributed by atoms with van der Waals surface area (Å²) < 4.78 is 15.0. The summed E-state index contributed by atoms with van der Waals surface area (Å²) in [6, 6.07) is 4.08. The summed E-state index contributed by atoms with van der Waals surface area (Å²) in [4.78, 5) is 22.8. The van der Waals surface area contributed by atoms with Gasteiger partial charge in [-0.2, -0.15) is 0 Å². The Labute approximate surface area is 129 Å². The Hall–Kier alpha value is -2.44. The van der Waals surface area contributed by atoms with Crippen molar-refractivity contribution < 1.29 is 28.9 Å². The summed E-state index contributed by atoms with van der Waals surface area (Å²) in [5.41, 5.74) is -0.386. The van der Waals surface area contributed by atoms with E-state index in [1.807, 2.05) is 0 Å². The fraction of sp³-hybridized carbons (Fsp3) is 0.467. The van der Waals surface area contributed by atoms with Crippen molar-refractivity contribution in [3.05, 3.63) is 23.8 Å². The monoisotopic (exact) mass is 311 g/mol. The van der Waals surface area contributed by atoms with Crippen LogP contribution in [0.4, 0.5) is 4.79 Å². The lowest BCUT2D eigenvalue weighted by Gasteiger charge is -2.19. The van der Waals surface area contributed by atoms with Crippen LogP contribution in [0.15, 0.2) is 18.2 Å². The van der Waals surface area contributed by atoms with Crippen LogP contribution in [0.1, 0.15) is 31.1 Å². The van der Waals surface area contributed by atoms with Gasteiger partial charge in [0, 0.05) is 6.07 Å². The summed E-state index contributed by atoms with van der Waals surface area (Å²) >= 11 is 0. The molecule has 122 valence electrons. The van der Waals surface area contributed by atoms with Gasteiger partial charge >= 0.3 is 12.1 Å². The minimum Gasteiger partial charge on any atom is -0.508 e. The lowest BCUT2D eigenvalue weighted by molar-refractivity contribution is 0.0519. The fourth-order valence-corrected chi connectivity index (χ4v) is 1.54. The van der Waals surface area contributed by atoms with E-state index in [1.54, 1.807) is 20.8 Å². The number of amides is 1. The van der Waals surface area contributed by atoms with Crippen molar-refractivity contribution >= 4 is 12.1 Å². The molecule has 0 heterocycles. The number of ether oxygens (including phenoxy) is 3. The summed E-state index contributed by atoms with van der Waals surface area (Å²) in [5, 5.41) is 12.1. The lowest BCUT2D eigenvalue weighted by Crippen LogP contribution is -2.34. The number of carbonyl (C=O) groups excluding carboxylic acids is 2. The SMILES string of the molecule is COC(=O)c1cc(O)cc(OCCNC(=O)OC(C)(C)C)c1. The zero-order chi connectivity index (χ0) is 16.8. The lowest BCUT2D eigenvalue weighted by atomic mass is 10.2. The smallest absolute Gasteiger partial charge is 0.407 e. The van der Waals surface area contributed by atoms with Gasteiger partial charge in [0.05, 0.1) is 19.2 Å². The molecule has 0 aliphatic carbocycles. The average molecular weight is 311 g/mol. The number of methoxy groups -OCH3 is 1. The van der Waals surface area contributed by atoms with Crippen molar-refractivity contribution in [2.75, 3.05) is 20.3 Å². The highest BCUT2D eigenvalue weighted by molar-refractivity contribution is 5.90. The summed E-state index contributed by atoms with van der Waals surface area (Å²) in [6.45, 7) is 5.68. The molecule has 0 aliphatic heterocycles. The number of hydrogen-bond acceptors (Lipinski definition) is 6. The molecular formula is C15H21NO6. The van der Waals surface area contributed by atoms with Crippen LogP contribution in [0.2, 0.25) is 0 Å². The molecule has 0 unspecified atom stereocenters. The van der Waals surface area contributed by atoms with Gasteiger partial charge in [0.2, 0.25) is 0 Å². The number of carbonyl (C=O) groups is 2. The molecule has 0 atom stereocenters. The minimum absolute atomic E-state index is 0.113. The number of nitrogens with one attached hydrogen (secondary N) is 1. The maximum Gasteiger partial charge on any atom is 0.407 e. The molecule has 0 aliphatic rings. The molecule has 7 heteroatoms. The predicted octanol–water partition coefficient (Wildman–Crippen LogP) is 2.08. The number of esters is 1. The van der Waals surface area contributed by atoms with Gasteiger partial charge < -0.3 is 24.6 Å².